The number of hydrogen-bond acceptors (Lipinski definition) is 3. The second-order valence-electron chi connectivity index (χ2n) is 4.85. The fourth-order valence-electron chi connectivity index (χ4n) is 1.56. The Bertz CT molecular complexity index is 357. The van der Waals surface area contributed by atoms with E-state index in [0.717, 1.165) is 0 Å². The lowest BCUT2D eigenvalue weighted by Crippen LogP contribution is -2.34. The molecule has 0 aliphatic carbocycles. The molecule has 3 heteroatoms. The molecule has 0 aromatic heterocycles. The first-order valence-corrected chi connectivity index (χ1v) is 5.87. The number of ether oxygens (including phenoxy) is 1. The summed E-state index contributed by atoms with van der Waals surface area (Å²) in [5.74, 6) is -0.345. The van der Waals surface area contributed by atoms with Gasteiger partial charge in [-0.05, 0) is 18.6 Å². The highest BCUT2D eigenvalue weighted by atomic mass is 16.5. The van der Waals surface area contributed by atoms with Crippen LogP contribution in [0.2, 0.25) is 0 Å². The third-order valence-corrected chi connectivity index (χ3v) is 2.87. The monoisotopic (exact) mass is 236 g/mol. The first-order chi connectivity index (χ1) is 7.97. The minimum absolute atomic E-state index is 0.218. The van der Waals surface area contributed by atoms with Gasteiger partial charge in [0.2, 0.25) is 0 Å². The summed E-state index contributed by atoms with van der Waals surface area (Å²) in [6.45, 7) is 5.90. The van der Waals surface area contributed by atoms with Gasteiger partial charge in [0.05, 0.1) is 18.3 Å². The Morgan fingerprint density at radius 3 is 2.47 bits per heavy atom. The fourth-order valence-corrected chi connectivity index (χ4v) is 1.56. The number of benzene rings is 1. The van der Waals surface area contributed by atoms with Gasteiger partial charge in [-0.2, -0.15) is 0 Å². The van der Waals surface area contributed by atoms with Crippen molar-refractivity contribution < 1.29 is 14.6 Å². The molecule has 94 valence electrons. The molecule has 0 aliphatic rings. The van der Waals surface area contributed by atoms with Gasteiger partial charge < -0.3 is 9.84 Å². The molecule has 1 aromatic carbocycles. The number of hydrogen-bond donors (Lipinski definition) is 1. The van der Waals surface area contributed by atoms with Gasteiger partial charge in [-0.3, -0.25) is 0 Å². The van der Waals surface area contributed by atoms with Crippen molar-refractivity contribution in [1.82, 2.24) is 0 Å². The number of aliphatic hydroxyl groups excluding tert-OH is 1. The summed E-state index contributed by atoms with van der Waals surface area (Å²) < 4.78 is 5.22. The van der Waals surface area contributed by atoms with Crippen LogP contribution in [0.25, 0.3) is 0 Å². The summed E-state index contributed by atoms with van der Waals surface area (Å²) in [7, 11) is 0. The van der Waals surface area contributed by atoms with E-state index in [1.807, 2.05) is 26.8 Å². The average Bonchev–Trinajstić information content (AvgIpc) is 2.36. The lowest BCUT2D eigenvalue weighted by molar-refractivity contribution is -0.0142. The van der Waals surface area contributed by atoms with Crippen LogP contribution in [0, 0.1) is 5.41 Å². The molecule has 0 aliphatic heterocycles. The predicted octanol–water partition coefficient (Wildman–Crippen LogP) is 2.64. The highest BCUT2D eigenvalue weighted by Gasteiger charge is 2.28. The standard InChI is InChI=1S/C14H20O3/c1-4-12(15)14(2,3)10-17-13(16)11-8-6-5-7-9-11/h5-9,12,15H,4,10H2,1-3H3. The van der Waals surface area contributed by atoms with E-state index in [1.54, 1.807) is 24.3 Å². The van der Waals surface area contributed by atoms with Crippen LogP contribution < -0.4 is 0 Å². The zero-order valence-electron chi connectivity index (χ0n) is 10.6. The Balaban J connectivity index is 2.54. The van der Waals surface area contributed by atoms with Gasteiger partial charge in [0.15, 0.2) is 0 Å². The topological polar surface area (TPSA) is 46.5 Å². The quantitative estimate of drug-likeness (QED) is 0.799. The first-order valence-electron chi connectivity index (χ1n) is 5.87. The van der Waals surface area contributed by atoms with Crippen LogP contribution >= 0.6 is 0 Å². The maximum Gasteiger partial charge on any atom is 0.338 e. The van der Waals surface area contributed by atoms with E-state index in [1.165, 1.54) is 0 Å². The van der Waals surface area contributed by atoms with Gasteiger partial charge in [-0.15, -0.1) is 0 Å². The first kappa shape index (κ1) is 13.7. The van der Waals surface area contributed by atoms with E-state index >= 15 is 0 Å². The molecule has 17 heavy (non-hydrogen) atoms. The molecule has 0 radical (unpaired) electrons. The Morgan fingerprint density at radius 2 is 1.94 bits per heavy atom. The average molecular weight is 236 g/mol. The molecular formula is C14H20O3. The number of aliphatic hydroxyl groups is 1. The van der Waals surface area contributed by atoms with Crippen LogP contribution in [-0.4, -0.2) is 23.8 Å². The second kappa shape index (κ2) is 5.82. The normalized spacial score (nSPS) is 13.2. The summed E-state index contributed by atoms with van der Waals surface area (Å²) in [6, 6.07) is 8.87. The third kappa shape index (κ3) is 3.86. The zero-order valence-corrected chi connectivity index (χ0v) is 10.6. The highest BCUT2D eigenvalue weighted by Crippen LogP contribution is 2.23. The largest absolute Gasteiger partial charge is 0.461 e. The zero-order chi connectivity index (χ0) is 12.9. The molecule has 0 heterocycles. The van der Waals surface area contributed by atoms with Crippen molar-refractivity contribution in [1.29, 1.82) is 0 Å². The maximum absolute atomic E-state index is 11.7. The molecule has 1 aromatic rings. The van der Waals surface area contributed by atoms with Crippen molar-refractivity contribution >= 4 is 5.97 Å². The lowest BCUT2D eigenvalue weighted by Gasteiger charge is -2.29. The van der Waals surface area contributed by atoms with Crippen molar-refractivity contribution in [3.63, 3.8) is 0 Å². The molecule has 0 spiro atoms. The van der Waals surface area contributed by atoms with Crippen molar-refractivity contribution in [2.45, 2.75) is 33.3 Å². The lowest BCUT2D eigenvalue weighted by atomic mass is 9.86. The number of carbonyl (C=O) groups excluding carboxylic acids is 1. The van der Waals surface area contributed by atoms with E-state index in [4.69, 9.17) is 4.74 Å². The van der Waals surface area contributed by atoms with Gasteiger partial charge in [-0.1, -0.05) is 39.0 Å². The van der Waals surface area contributed by atoms with Crippen molar-refractivity contribution in [3.8, 4) is 0 Å². The van der Waals surface area contributed by atoms with Gasteiger partial charge >= 0.3 is 5.97 Å². The van der Waals surface area contributed by atoms with Crippen LogP contribution in [0.5, 0.6) is 0 Å². The van der Waals surface area contributed by atoms with E-state index in [2.05, 4.69) is 0 Å². The van der Waals surface area contributed by atoms with Crippen molar-refractivity contribution in [2.75, 3.05) is 6.61 Å². The highest BCUT2D eigenvalue weighted by molar-refractivity contribution is 5.89. The van der Waals surface area contributed by atoms with E-state index < -0.39 is 11.5 Å². The minimum atomic E-state index is -0.467. The van der Waals surface area contributed by atoms with E-state index in [0.29, 0.717) is 12.0 Å². The molecule has 1 unspecified atom stereocenters. The van der Waals surface area contributed by atoms with Gasteiger partial charge in [-0.25, -0.2) is 4.79 Å². The second-order valence-corrected chi connectivity index (χ2v) is 4.85. The van der Waals surface area contributed by atoms with Crippen LogP contribution in [0.3, 0.4) is 0 Å². The van der Waals surface area contributed by atoms with Crippen molar-refractivity contribution in [3.05, 3.63) is 35.9 Å². The molecule has 0 saturated heterocycles. The Hall–Kier alpha value is -1.35. The van der Waals surface area contributed by atoms with Gasteiger partial charge in [0.25, 0.3) is 0 Å². The van der Waals surface area contributed by atoms with Gasteiger partial charge in [0, 0.05) is 5.41 Å². The Labute approximate surface area is 102 Å². The maximum atomic E-state index is 11.7. The Kier molecular flexibility index (Phi) is 4.70. The van der Waals surface area contributed by atoms with E-state index in [9.17, 15) is 9.90 Å². The molecule has 1 rings (SSSR count). The molecule has 3 nitrogen and oxygen atoms in total. The molecule has 0 amide bonds. The minimum Gasteiger partial charge on any atom is -0.461 e. The predicted molar refractivity (Wildman–Crippen MR) is 66.8 cm³/mol. The summed E-state index contributed by atoms with van der Waals surface area (Å²) in [6.07, 6.45) is 0.182. The SMILES string of the molecule is CCC(O)C(C)(C)COC(=O)c1ccccc1. The summed E-state index contributed by atoms with van der Waals surface area (Å²) in [4.78, 5) is 11.7. The molecule has 1 atom stereocenters. The molecular weight excluding hydrogens is 216 g/mol. The molecule has 1 N–H and O–H groups in total. The fraction of sp³-hybridized carbons (Fsp3) is 0.500. The van der Waals surface area contributed by atoms with E-state index in [-0.39, 0.29) is 12.6 Å². The number of rotatable bonds is 5. The number of esters is 1. The molecule has 0 saturated carbocycles. The van der Waals surface area contributed by atoms with Gasteiger partial charge in [0.1, 0.15) is 0 Å². The van der Waals surface area contributed by atoms with Crippen molar-refractivity contribution in [2.24, 2.45) is 5.41 Å². The molecule has 0 bridgehead atoms. The summed E-state index contributed by atoms with van der Waals surface area (Å²) in [5.41, 5.74) is 0.119. The third-order valence-electron chi connectivity index (χ3n) is 2.87. The van der Waals surface area contributed by atoms with Crippen LogP contribution in [-0.2, 0) is 4.74 Å². The van der Waals surface area contributed by atoms with Crippen LogP contribution in [0.1, 0.15) is 37.6 Å². The smallest absolute Gasteiger partial charge is 0.338 e. The van der Waals surface area contributed by atoms with Crippen LogP contribution in [0.15, 0.2) is 30.3 Å². The molecule has 0 fully saturated rings. The Morgan fingerprint density at radius 1 is 1.35 bits per heavy atom. The summed E-state index contributed by atoms with van der Waals surface area (Å²) >= 11 is 0. The van der Waals surface area contributed by atoms with Crippen LogP contribution in [0.4, 0.5) is 0 Å². The summed E-state index contributed by atoms with van der Waals surface area (Å²) in [5, 5.41) is 9.78. The number of carbonyl (C=O) groups is 1.